The maximum absolute atomic E-state index is 13.1. The third kappa shape index (κ3) is 3.86. The molecule has 29 heavy (non-hydrogen) atoms. The molecule has 1 aliphatic heterocycles. The minimum atomic E-state index is -4.42. The molecular weight excluding hydrogens is 383 g/mol. The second-order valence-corrected chi connectivity index (χ2v) is 9.53. The average molecular weight is 411 g/mol. The Labute approximate surface area is 169 Å². The highest BCUT2D eigenvalue weighted by molar-refractivity contribution is 5.81. The molecule has 2 saturated carbocycles. The smallest absolute Gasteiger partial charge is 0.419 e. The summed E-state index contributed by atoms with van der Waals surface area (Å²) in [7, 11) is 1.27. The molecule has 1 N–H and O–H groups in total. The highest BCUT2D eigenvalue weighted by Gasteiger charge is 2.51. The monoisotopic (exact) mass is 411 g/mol. The van der Waals surface area contributed by atoms with Crippen molar-refractivity contribution in [2.75, 3.05) is 20.2 Å². The second-order valence-electron chi connectivity index (χ2n) is 9.53. The van der Waals surface area contributed by atoms with Crippen molar-refractivity contribution in [3.05, 3.63) is 29.3 Å². The van der Waals surface area contributed by atoms with Gasteiger partial charge in [-0.1, -0.05) is 6.07 Å². The van der Waals surface area contributed by atoms with E-state index in [9.17, 15) is 23.1 Å². The summed E-state index contributed by atoms with van der Waals surface area (Å²) >= 11 is 0. The Morgan fingerprint density at radius 2 is 1.83 bits per heavy atom. The van der Waals surface area contributed by atoms with Crippen LogP contribution in [-0.4, -0.2) is 41.7 Å². The van der Waals surface area contributed by atoms with Crippen molar-refractivity contribution >= 4 is 5.91 Å². The van der Waals surface area contributed by atoms with E-state index in [0.29, 0.717) is 12.8 Å². The molecule has 1 amide bonds. The number of carbonyl (C=O) groups excluding carboxylic acids is 1. The van der Waals surface area contributed by atoms with Gasteiger partial charge in [0.2, 0.25) is 5.91 Å². The highest BCUT2D eigenvalue weighted by atomic mass is 19.4. The van der Waals surface area contributed by atoms with Gasteiger partial charge < -0.3 is 14.7 Å². The molecular formula is C22H28F3NO3. The normalized spacial score (nSPS) is 29.3. The van der Waals surface area contributed by atoms with Gasteiger partial charge in [-0.05, 0) is 69.1 Å². The fourth-order valence-corrected chi connectivity index (χ4v) is 5.43. The van der Waals surface area contributed by atoms with Gasteiger partial charge in [0.15, 0.2) is 0 Å². The number of rotatable bonds is 3. The van der Waals surface area contributed by atoms with E-state index in [4.69, 9.17) is 4.74 Å². The zero-order valence-electron chi connectivity index (χ0n) is 16.9. The molecule has 3 fully saturated rings. The molecule has 3 aliphatic rings. The average Bonchev–Trinajstić information content (AvgIpc) is 2.62. The van der Waals surface area contributed by atoms with Gasteiger partial charge in [0.25, 0.3) is 0 Å². The van der Waals surface area contributed by atoms with Gasteiger partial charge in [0.1, 0.15) is 5.75 Å². The van der Waals surface area contributed by atoms with Crippen molar-refractivity contribution < 1.29 is 27.8 Å². The van der Waals surface area contributed by atoms with Crippen LogP contribution >= 0.6 is 0 Å². The van der Waals surface area contributed by atoms with Crippen LogP contribution in [0.4, 0.5) is 13.2 Å². The second kappa shape index (κ2) is 6.89. The molecule has 0 radical (unpaired) electrons. The van der Waals surface area contributed by atoms with Crippen molar-refractivity contribution in [2.45, 2.75) is 63.1 Å². The van der Waals surface area contributed by atoms with E-state index in [1.54, 1.807) is 13.0 Å². The lowest BCUT2D eigenvalue weighted by molar-refractivity contribution is -0.163. The first-order chi connectivity index (χ1) is 13.5. The molecule has 1 aromatic carbocycles. The van der Waals surface area contributed by atoms with Gasteiger partial charge in [0, 0.05) is 24.4 Å². The zero-order chi connectivity index (χ0) is 21.0. The number of hydrogen-bond acceptors (Lipinski definition) is 3. The fraction of sp³-hybridized carbons (Fsp3) is 0.682. The van der Waals surface area contributed by atoms with E-state index >= 15 is 0 Å². The number of likely N-dealkylation sites (tertiary alicyclic amines) is 1. The van der Waals surface area contributed by atoms with Crippen molar-refractivity contribution in [1.82, 2.24) is 4.90 Å². The molecule has 7 heteroatoms. The first-order valence-electron chi connectivity index (χ1n) is 10.3. The minimum absolute atomic E-state index is 0.0432. The molecule has 0 bridgehead atoms. The topological polar surface area (TPSA) is 49.8 Å². The number of aliphatic hydroxyl groups is 1. The molecule has 1 saturated heterocycles. The zero-order valence-corrected chi connectivity index (χ0v) is 16.9. The Hall–Kier alpha value is -1.76. The molecule has 4 nitrogen and oxygen atoms in total. The third-order valence-electron chi connectivity index (χ3n) is 7.13. The summed E-state index contributed by atoms with van der Waals surface area (Å²) in [5.41, 5.74) is -0.370. The van der Waals surface area contributed by atoms with E-state index in [-0.39, 0.29) is 28.9 Å². The minimum Gasteiger partial charge on any atom is -0.496 e. The van der Waals surface area contributed by atoms with E-state index in [1.807, 2.05) is 4.90 Å². The van der Waals surface area contributed by atoms with Crippen LogP contribution in [0, 0.1) is 11.3 Å². The van der Waals surface area contributed by atoms with Crippen LogP contribution in [0.2, 0.25) is 0 Å². The van der Waals surface area contributed by atoms with Crippen LogP contribution in [0.5, 0.6) is 5.75 Å². The summed E-state index contributed by atoms with van der Waals surface area (Å²) in [6, 6.07) is 4.23. The SMILES string of the molecule is COc1cc(C2CCC3(CC2)CN(C(=O)C2CC(C)(O)C2)C3)ccc1C(F)(F)F. The van der Waals surface area contributed by atoms with Crippen LogP contribution < -0.4 is 4.74 Å². The highest BCUT2D eigenvalue weighted by Crippen LogP contribution is 2.50. The Morgan fingerprint density at radius 3 is 2.34 bits per heavy atom. The number of halogens is 3. The van der Waals surface area contributed by atoms with Crippen molar-refractivity contribution in [3.63, 3.8) is 0 Å². The quantitative estimate of drug-likeness (QED) is 0.804. The largest absolute Gasteiger partial charge is 0.496 e. The summed E-state index contributed by atoms with van der Waals surface area (Å²) in [4.78, 5) is 14.4. The predicted molar refractivity (Wildman–Crippen MR) is 102 cm³/mol. The van der Waals surface area contributed by atoms with Gasteiger partial charge in [-0.25, -0.2) is 0 Å². The van der Waals surface area contributed by atoms with Crippen LogP contribution in [0.15, 0.2) is 18.2 Å². The van der Waals surface area contributed by atoms with Gasteiger partial charge in [-0.3, -0.25) is 4.79 Å². The van der Waals surface area contributed by atoms with Gasteiger partial charge in [-0.15, -0.1) is 0 Å². The number of nitrogens with zero attached hydrogens (tertiary/aromatic N) is 1. The maximum Gasteiger partial charge on any atom is 0.419 e. The summed E-state index contributed by atoms with van der Waals surface area (Å²) in [6.07, 6.45) is 0.459. The molecule has 0 unspecified atom stereocenters. The number of alkyl halides is 3. The Morgan fingerprint density at radius 1 is 1.21 bits per heavy atom. The number of amides is 1. The van der Waals surface area contributed by atoms with E-state index in [0.717, 1.165) is 50.4 Å². The lowest BCUT2D eigenvalue weighted by Crippen LogP contribution is -2.62. The molecule has 2 aliphatic carbocycles. The molecule has 160 valence electrons. The Balaban J connectivity index is 1.33. The first-order valence-corrected chi connectivity index (χ1v) is 10.3. The van der Waals surface area contributed by atoms with Gasteiger partial charge in [-0.2, -0.15) is 13.2 Å². The Kier molecular flexibility index (Phi) is 4.88. The van der Waals surface area contributed by atoms with E-state index in [2.05, 4.69) is 0 Å². The molecule has 1 spiro atoms. The molecule has 1 heterocycles. The lowest BCUT2D eigenvalue weighted by Gasteiger charge is -2.55. The van der Waals surface area contributed by atoms with Crippen LogP contribution in [-0.2, 0) is 11.0 Å². The number of carbonyl (C=O) groups is 1. The van der Waals surface area contributed by atoms with E-state index < -0.39 is 17.3 Å². The summed E-state index contributed by atoms with van der Waals surface area (Å²) < 4.78 is 44.2. The van der Waals surface area contributed by atoms with Crippen molar-refractivity contribution in [1.29, 1.82) is 0 Å². The summed E-state index contributed by atoms with van der Waals surface area (Å²) in [5, 5.41) is 9.84. The number of methoxy groups -OCH3 is 1. The standard InChI is InChI=1S/C22H28F3NO3/c1-20(28)10-16(11-20)19(27)26-12-21(13-26)7-5-14(6-8-21)15-3-4-17(22(23,24)25)18(9-15)29-2/h3-4,9,14,16,28H,5-8,10-13H2,1-2H3. The van der Waals surface area contributed by atoms with Gasteiger partial charge >= 0.3 is 6.18 Å². The lowest BCUT2D eigenvalue weighted by atomic mass is 9.63. The summed E-state index contributed by atoms with van der Waals surface area (Å²) in [6.45, 7) is 3.31. The molecule has 0 aromatic heterocycles. The predicted octanol–water partition coefficient (Wildman–Crippen LogP) is 4.36. The molecule has 1 aromatic rings. The van der Waals surface area contributed by atoms with Crippen LogP contribution in [0.25, 0.3) is 0 Å². The Bertz CT molecular complexity index is 781. The number of hydrogen-bond donors (Lipinski definition) is 1. The number of benzene rings is 1. The first kappa shape index (κ1) is 20.5. The van der Waals surface area contributed by atoms with Crippen molar-refractivity contribution in [2.24, 2.45) is 11.3 Å². The maximum atomic E-state index is 13.1. The fourth-order valence-electron chi connectivity index (χ4n) is 5.43. The molecule has 0 atom stereocenters. The van der Waals surface area contributed by atoms with Crippen molar-refractivity contribution in [3.8, 4) is 5.75 Å². The number of ether oxygens (including phenoxy) is 1. The molecule has 4 rings (SSSR count). The van der Waals surface area contributed by atoms with Crippen LogP contribution in [0.1, 0.15) is 62.5 Å². The van der Waals surface area contributed by atoms with Crippen LogP contribution in [0.3, 0.4) is 0 Å². The van der Waals surface area contributed by atoms with Gasteiger partial charge in [0.05, 0.1) is 18.3 Å². The summed E-state index contributed by atoms with van der Waals surface area (Å²) in [5.74, 6) is 0.227. The van der Waals surface area contributed by atoms with E-state index in [1.165, 1.54) is 13.2 Å². The third-order valence-corrected chi connectivity index (χ3v) is 7.13.